The Labute approximate surface area is 565 Å². The van der Waals surface area contributed by atoms with Crippen LogP contribution < -0.4 is 0 Å². The Morgan fingerprint density at radius 1 is 0.143 bits per heavy atom. The highest BCUT2D eigenvalue weighted by Crippen LogP contribution is 2.36. The summed E-state index contributed by atoms with van der Waals surface area (Å²) in [6.07, 6.45) is 30.7. The third kappa shape index (κ3) is 16.5. The highest BCUT2D eigenvalue weighted by Gasteiger charge is 2.11. The lowest BCUT2D eigenvalue weighted by Crippen LogP contribution is -1.87. The standard InChI is InChI=1S/2C17H11N.C16H10N2.C9H7N.C8H6N2.2C5H5N.C4H4N2.C3H3N3/c1-2-7-14-12(6-1)13-8-3-4-9-15(13)17-16(14)10-5-11-18-17;1-2-7-14-12(5-1)13-6-3-4-8-15(13)17-11-18-10-9-16(14)17;1-2-6-12-11(5-1)13-7-3-9-17-15(13)16-14(12)8-4-10-18-16;1-2-6-9-8(4-1)5-3-7-10-9;1-2-4-8-7(3-1)5-9-6-10-8;2*1-2-4-6-5-3-1;1-2-5-4-6-3-1;1-4-2-6-3-5-1/h2*1-11H;1-10H;1-7H;1-6H;2*1-5H;1-4H;1-3H. The molecule has 10 aromatic heterocycles. The van der Waals surface area contributed by atoms with Crippen LogP contribution in [0.2, 0.25) is 0 Å². The molecule has 0 radical (unpaired) electrons. The molecule has 0 amide bonds. The molecular formula is C84H62N14. The first-order valence-electron chi connectivity index (χ1n) is 31.5. The molecule has 0 spiro atoms. The monoisotopic (exact) mass is 1270 g/mol. The number of hydrogen-bond acceptors (Lipinski definition) is 14. The molecule has 0 saturated carbocycles. The summed E-state index contributed by atoms with van der Waals surface area (Å²) in [7, 11) is 0. The number of nitrogens with zero attached hydrogens (tertiary/aromatic N) is 14. The lowest BCUT2D eigenvalue weighted by Gasteiger charge is -2.09. The van der Waals surface area contributed by atoms with Crippen molar-refractivity contribution in [2.24, 2.45) is 0 Å². The fraction of sp³-hybridized carbons (Fsp3) is 0. The first-order chi connectivity index (χ1) is 48.8. The topological polar surface area (TPSA) is 180 Å². The molecule has 98 heavy (non-hydrogen) atoms. The van der Waals surface area contributed by atoms with Crippen LogP contribution >= 0.6 is 0 Å². The summed E-state index contributed by atoms with van der Waals surface area (Å²) in [4.78, 5) is 55.6. The van der Waals surface area contributed by atoms with Crippen LogP contribution in [0.5, 0.6) is 0 Å². The highest BCUT2D eigenvalue weighted by molar-refractivity contribution is 6.26. The Kier molecular flexibility index (Phi) is 22.5. The molecule has 0 aliphatic rings. The van der Waals surface area contributed by atoms with Crippen LogP contribution in [0.3, 0.4) is 0 Å². The second-order valence-corrected chi connectivity index (χ2v) is 21.4. The van der Waals surface area contributed by atoms with Crippen LogP contribution in [0, 0.1) is 0 Å². The van der Waals surface area contributed by atoms with Crippen molar-refractivity contribution in [1.82, 2.24) is 69.8 Å². The molecule has 0 aliphatic carbocycles. The van der Waals surface area contributed by atoms with Gasteiger partial charge in [-0.2, -0.15) is 0 Å². The van der Waals surface area contributed by atoms with E-state index in [0.29, 0.717) is 0 Å². The van der Waals surface area contributed by atoms with Gasteiger partial charge in [0, 0.05) is 118 Å². The number of hydrogen-bond donors (Lipinski definition) is 0. The van der Waals surface area contributed by atoms with Gasteiger partial charge in [-0.15, -0.1) is 0 Å². The summed E-state index contributed by atoms with van der Waals surface area (Å²) < 4.78 is 0. The van der Waals surface area contributed by atoms with Gasteiger partial charge in [0.15, 0.2) is 0 Å². The Morgan fingerprint density at radius 3 is 0.867 bits per heavy atom. The maximum Gasteiger partial charge on any atom is 0.119 e. The quantitative estimate of drug-likeness (QED) is 0.131. The summed E-state index contributed by atoms with van der Waals surface area (Å²) in [6.45, 7) is 0. The molecule has 0 saturated heterocycles. The molecule has 0 N–H and O–H groups in total. The first-order valence-corrected chi connectivity index (χ1v) is 31.5. The van der Waals surface area contributed by atoms with Gasteiger partial charge in [-0.05, 0) is 127 Å². The maximum atomic E-state index is 4.56. The van der Waals surface area contributed by atoms with E-state index in [1.807, 2.05) is 147 Å². The normalized spacial score (nSPS) is 10.2. The van der Waals surface area contributed by atoms with Gasteiger partial charge in [-0.25, -0.2) is 34.9 Å². The Hall–Kier alpha value is -13.7. The molecule has 10 heterocycles. The van der Waals surface area contributed by atoms with Gasteiger partial charge in [0.05, 0.1) is 27.6 Å². The molecule has 14 nitrogen and oxygen atoms in total. The Balaban J connectivity index is 0.000000109. The van der Waals surface area contributed by atoms with Crippen molar-refractivity contribution in [2.45, 2.75) is 0 Å². The average molecular weight is 1270 g/mol. The fourth-order valence-electron chi connectivity index (χ4n) is 11.1. The smallest absolute Gasteiger partial charge is 0.119 e. The zero-order valence-electron chi connectivity index (χ0n) is 53.1. The fourth-order valence-corrected chi connectivity index (χ4v) is 11.1. The number of aromatic nitrogens is 14. The molecule has 468 valence electrons. The number of rotatable bonds is 0. The average Bonchev–Trinajstić information content (AvgIpc) is 0.931. The van der Waals surface area contributed by atoms with E-state index in [1.54, 1.807) is 49.6 Å². The molecule has 20 rings (SSSR count). The number of pyridine rings is 7. The third-order valence-electron chi connectivity index (χ3n) is 15.3. The number of fused-ring (bicyclic) bond motifs is 20. The largest absolute Gasteiger partial charge is 0.265 e. The van der Waals surface area contributed by atoms with Crippen molar-refractivity contribution in [3.05, 3.63) is 379 Å². The zero-order chi connectivity index (χ0) is 66.4. The second-order valence-electron chi connectivity index (χ2n) is 21.4. The molecule has 14 heteroatoms. The van der Waals surface area contributed by atoms with Crippen molar-refractivity contribution < 1.29 is 0 Å². The van der Waals surface area contributed by atoms with E-state index in [1.165, 1.54) is 111 Å². The molecule has 0 bridgehead atoms. The highest BCUT2D eigenvalue weighted by atomic mass is 14.9. The predicted molar refractivity (Wildman–Crippen MR) is 400 cm³/mol. The summed E-state index contributed by atoms with van der Waals surface area (Å²) in [5.41, 5.74) is 5.10. The summed E-state index contributed by atoms with van der Waals surface area (Å²) in [5.74, 6) is 0. The van der Waals surface area contributed by atoms with E-state index in [9.17, 15) is 0 Å². The minimum atomic E-state index is 0.979. The van der Waals surface area contributed by atoms with Gasteiger partial charge >= 0.3 is 0 Å². The molecular weight excluding hydrogens is 1210 g/mol. The summed E-state index contributed by atoms with van der Waals surface area (Å²) in [6, 6.07) is 90.2. The van der Waals surface area contributed by atoms with E-state index >= 15 is 0 Å². The van der Waals surface area contributed by atoms with Crippen LogP contribution in [0.4, 0.5) is 0 Å². The van der Waals surface area contributed by atoms with Gasteiger partial charge in [0.2, 0.25) is 0 Å². The Morgan fingerprint density at radius 2 is 0.469 bits per heavy atom. The lowest BCUT2D eigenvalue weighted by atomic mass is 9.96. The first kappa shape index (κ1) is 64.4. The van der Waals surface area contributed by atoms with Crippen molar-refractivity contribution >= 4 is 119 Å². The summed E-state index contributed by atoms with van der Waals surface area (Å²) in [5, 5.41) is 21.1. The Bertz CT molecular complexity index is 4350. The molecule has 10 aromatic carbocycles. The van der Waals surface area contributed by atoms with Gasteiger partial charge in [-0.3, -0.25) is 34.9 Å². The van der Waals surface area contributed by atoms with E-state index in [2.05, 4.69) is 228 Å². The molecule has 0 unspecified atom stereocenters. The molecule has 20 aromatic rings. The zero-order valence-corrected chi connectivity index (χ0v) is 53.1. The second kappa shape index (κ2) is 34.3. The van der Waals surface area contributed by atoms with Crippen LogP contribution in [0.15, 0.2) is 379 Å². The van der Waals surface area contributed by atoms with Gasteiger partial charge < -0.3 is 0 Å². The number of benzene rings is 10. The van der Waals surface area contributed by atoms with Gasteiger partial charge in [0.1, 0.15) is 31.6 Å². The van der Waals surface area contributed by atoms with Crippen LogP contribution in [-0.2, 0) is 0 Å². The van der Waals surface area contributed by atoms with Crippen molar-refractivity contribution in [3.63, 3.8) is 0 Å². The van der Waals surface area contributed by atoms with Crippen LogP contribution in [0.25, 0.3) is 119 Å². The molecule has 0 fully saturated rings. The van der Waals surface area contributed by atoms with Crippen molar-refractivity contribution in [1.29, 1.82) is 0 Å². The van der Waals surface area contributed by atoms with Gasteiger partial charge in [-0.1, -0.05) is 194 Å². The predicted octanol–water partition coefficient (Wildman–Crippen LogP) is 19.4. The van der Waals surface area contributed by atoms with Gasteiger partial charge in [0.25, 0.3) is 0 Å². The van der Waals surface area contributed by atoms with E-state index in [0.717, 1.165) is 33.0 Å². The van der Waals surface area contributed by atoms with E-state index < -0.39 is 0 Å². The van der Waals surface area contributed by atoms with E-state index in [-0.39, 0.29) is 0 Å². The van der Waals surface area contributed by atoms with E-state index in [4.69, 9.17) is 0 Å². The molecule has 0 atom stereocenters. The number of para-hydroxylation sites is 2. The summed E-state index contributed by atoms with van der Waals surface area (Å²) >= 11 is 0. The van der Waals surface area contributed by atoms with Crippen molar-refractivity contribution in [2.75, 3.05) is 0 Å². The van der Waals surface area contributed by atoms with Crippen LogP contribution in [0.1, 0.15) is 0 Å². The maximum absolute atomic E-state index is 4.56. The van der Waals surface area contributed by atoms with Crippen molar-refractivity contribution in [3.8, 4) is 0 Å². The SMILES string of the molecule is c1ccc2c(c1)c1ccccc1c1cnccc21.c1ccc2c(c1)c1ccccc1c1ncccc21.c1ccc2c(c1)c1cccnc1c1ncccc21.c1ccc2ncccc2c1.c1ccc2ncncc2c1.c1ccncc1.c1ccncc1.c1cncnc1.c1ncncn1. The van der Waals surface area contributed by atoms with Crippen LogP contribution in [-0.4, -0.2) is 69.8 Å². The molecule has 0 aliphatic heterocycles. The lowest BCUT2D eigenvalue weighted by molar-refractivity contribution is 1.05. The minimum absolute atomic E-state index is 0.979. The third-order valence-corrected chi connectivity index (χ3v) is 15.3. The minimum Gasteiger partial charge on any atom is -0.265 e.